The van der Waals surface area contributed by atoms with Crippen LogP contribution in [0.2, 0.25) is 10.0 Å². The van der Waals surface area contributed by atoms with E-state index < -0.39 is 0 Å². The maximum absolute atomic E-state index is 11.1. The minimum Gasteiger partial charge on any atom is -0.286 e. The first-order valence-electron chi connectivity index (χ1n) is 4.52. The van der Waals surface area contributed by atoms with E-state index in [1.165, 1.54) is 0 Å². The van der Waals surface area contributed by atoms with Crippen molar-refractivity contribution in [3.63, 3.8) is 0 Å². The summed E-state index contributed by atoms with van der Waals surface area (Å²) in [6.45, 7) is 0.292. The minimum atomic E-state index is -0.272. The molecule has 1 atom stereocenters. The molecule has 0 radical (unpaired) electrons. The van der Waals surface area contributed by atoms with Crippen LogP contribution in [-0.2, 0) is 4.79 Å². The second-order valence-corrected chi connectivity index (χ2v) is 4.39. The van der Waals surface area contributed by atoms with Gasteiger partial charge in [0.1, 0.15) is 0 Å². The fourth-order valence-electron chi connectivity index (χ4n) is 1.73. The number of amides is 1. The molecule has 1 saturated heterocycles. The summed E-state index contributed by atoms with van der Waals surface area (Å²) in [4.78, 5) is 11.1. The van der Waals surface area contributed by atoms with E-state index in [1.807, 2.05) is 0 Å². The van der Waals surface area contributed by atoms with E-state index >= 15 is 0 Å². The summed E-state index contributed by atoms with van der Waals surface area (Å²) in [6, 6.07) is 5.16. The highest BCUT2D eigenvalue weighted by atomic mass is 35.5. The van der Waals surface area contributed by atoms with Crippen LogP contribution in [0, 0.1) is 0 Å². The summed E-state index contributed by atoms with van der Waals surface area (Å²) in [5.74, 6) is -0.321. The van der Waals surface area contributed by atoms with Crippen molar-refractivity contribution >= 4 is 29.1 Å². The van der Waals surface area contributed by atoms with Crippen molar-refractivity contribution in [3.05, 3.63) is 33.8 Å². The molecule has 5 heteroatoms. The van der Waals surface area contributed by atoms with Crippen molar-refractivity contribution < 1.29 is 10.0 Å². The first-order chi connectivity index (χ1) is 7.08. The molecule has 1 heterocycles. The van der Waals surface area contributed by atoms with Crippen LogP contribution in [0.5, 0.6) is 0 Å². The Morgan fingerprint density at radius 3 is 2.67 bits per heavy atom. The quantitative estimate of drug-likeness (QED) is 0.774. The smallest absolute Gasteiger partial charge is 0.246 e. The Kier molecular flexibility index (Phi) is 2.87. The molecule has 80 valence electrons. The number of benzene rings is 1. The lowest BCUT2D eigenvalue weighted by atomic mass is 9.98. The Bertz CT molecular complexity index is 408. The lowest BCUT2D eigenvalue weighted by Gasteiger charge is -2.11. The van der Waals surface area contributed by atoms with E-state index in [0.29, 0.717) is 16.6 Å². The van der Waals surface area contributed by atoms with Crippen molar-refractivity contribution in [2.24, 2.45) is 0 Å². The van der Waals surface area contributed by atoms with Gasteiger partial charge in [-0.2, -0.15) is 0 Å². The van der Waals surface area contributed by atoms with Gasteiger partial charge in [0, 0.05) is 22.4 Å². The molecule has 1 aliphatic rings. The largest absolute Gasteiger partial charge is 0.286 e. The molecule has 1 N–H and O–H groups in total. The second-order valence-electron chi connectivity index (χ2n) is 3.54. The summed E-state index contributed by atoms with van der Waals surface area (Å²) in [6.07, 6.45) is 0.290. The van der Waals surface area contributed by atoms with Crippen LogP contribution in [0.1, 0.15) is 17.9 Å². The molecule has 2 rings (SSSR count). The number of hydrogen-bond donors (Lipinski definition) is 1. The number of rotatable bonds is 1. The first-order valence-corrected chi connectivity index (χ1v) is 5.27. The molecule has 0 spiro atoms. The van der Waals surface area contributed by atoms with Crippen LogP contribution in [0.15, 0.2) is 18.2 Å². The fourth-order valence-corrected chi connectivity index (χ4v) is 2.29. The summed E-state index contributed by atoms with van der Waals surface area (Å²) in [7, 11) is 0. The Hall–Kier alpha value is -0.770. The molecule has 1 fully saturated rings. The molecule has 1 unspecified atom stereocenters. The first kappa shape index (κ1) is 10.7. The van der Waals surface area contributed by atoms with Gasteiger partial charge in [0.15, 0.2) is 0 Å². The third-order valence-corrected chi connectivity index (χ3v) is 3.07. The molecule has 1 aromatic rings. The zero-order valence-corrected chi connectivity index (χ0v) is 9.29. The van der Waals surface area contributed by atoms with Crippen molar-refractivity contribution in [1.82, 2.24) is 5.06 Å². The number of carbonyl (C=O) groups is 1. The lowest BCUT2D eigenvalue weighted by Crippen LogP contribution is -2.19. The van der Waals surface area contributed by atoms with E-state index in [0.717, 1.165) is 10.6 Å². The number of hydrogen-bond acceptors (Lipinski definition) is 2. The van der Waals surface area contributed by atoms with Crippen LogP contribution in [0.4, 0.5) is 0 Å². The van der Waals surface area contributed by atoms with Crippen molar-refractivity contribution in [2.45, 2.75) is 12.3 Å². The summed E-state index contributed by atoms with van der Waals surface area (Å²) < 4.78 is 0. The van der Waals surface area contributed by atoms with Crippen LogP contribution >= 0.6 is 23.2 Å². The normalized spacial score (nSPS) is 21.1. The zero-order chi connectivity index (χ0) is 11.0. The highest BCUT2D eigenvalue weighted by Crippen LogP contribution is 2.33. The predicted octanol–water partition coefficient (Wildman–Crippen LogP) is 2.70. The molecule has 1 aliphatic heterocycles. The van der Waals surface area contributed by atoms with Gasteiger partial charge in [-0.1, -0.05) is 29.3 Å². The van der Waals surface area contributed by atoms with Crippen LogP contribution in [0.3, 0.4) is 0 Å². The van der Waals surface area contributed by atoms with Gasteiger partial charge in [-0.3, -0.25) is 10.0 Å². The average Bonchev–Trinajstić information content (AvgIpc) is 2.46. The maximum Gasteiger partial charge on any atom is 0.246 e. The minimum absolute atomic E-state index is 0.0488. The summed E-state index contributed by atoms with van der Waals surface area (Å²) in [5, 5.41) is 11.0. The molecule has 15 heavy (non-hydrogen) atoms. The molecule has 3 nitrogen and oxygen atoms in total. The SMILES string of the molecule is O=C1CC(c2ccc(Cl)cc2Cl)CN1O. The van der Waals surface area contributed by atoms with Crippen LogP contribution in [0.25, 0.3) is 0 Å². The third-order valence-electron chi connectivity index (χ3n) is 2.50. The van der Waals surface area contributed by atoms with Crippen LogP contribution < -0.4 is 0 Å². The van der Waals surface area contributed by atoms with Gasteiger partial charge in [-0.15, -0.1) is 0 Å². The molecule has 0 saturated carbocycles. The van der Waals surface area contributed by atoms with Gasteiger partial charge < -0.3 is 0 Å². The van der Waals surface area contributed by atoms with Gasteiger partial charge in [-0.05, 0) is 17.7 Å². The molecule has 0 aliphatic carbocycles. The topological polar surface area (TPSA) is 40.5 Å². The van der Waals surface area contributed by atoms with Gasteiger partial charge in [0.2, 0.25) is 5.91 Å². The monoisotopic (exact) mass is 245 g/mol. The van der Waals surface area contributed by atoms with Gasteiger partial charge in [0.25, 0.3) is 0 Å². The predicted molar refractivity (Wildman–Crippen MR) is 57.3 cm³/mol. The second kappa shape index (κ2) is 4.00. The lowest BCUT2D eigenvalue weighted by molar-refractivity contribution is -0.157. The molecule has 0 aromatic heterocycles. The standard InChI is InChI=1S/C10H9Cl2NO2/c11-7-1-2-8(9(12)4-7)6-3-10(14)13(15)5-6/h1-2,4,6,15H,3,5H2. The van der Waals surface area contributed by atoms with E-state index in [4.69, 9.17) is 23.2 Å². The van der Waals surface area contributed by atoms with E-state index in [1.54, 1.807) is 18.2 Å². The molecule has 0 bridgehead atoms. The van der Waals surface area contributed by atoms with Crippen molar-refractivity contribution in [2.75, 3.05) is 6.54 Å². The Morgan fingerprint density at radius 2 is 2.13 bits per heavy atom. The van der Waals surface area contributed by atoms with E-state index in [2.05, 4.69) is 0 Å². The Balaban J connectivity index is 2.27. The van der Waals surface area contributed by atoms with Crippen molar-refractivity contribution in [3.8, 4) is 0 Å². The van der Waals surface area contributed by atoms with Gasteiger partial charge >= 0.3 is 0 Å². The number of carbonyl (C=O) groups excluding carboxylic acids is 1. The molecule has 1 aromatic carbocycles. The van der Waals surface area contributed by atoms with Crippen molar-refractivity contribution in [1.29, 1.82) is 0 Å². The molecular formula is C10H9Cl2NO2. The molecular weight excluding hydrogens is 237 g/mol. The summed E-state index contributed by atoms with van der Waals surface area (Å²) in [5.41, 5.74) is 0.853. The Labute approximate surface area is 97.2 Å². The number of hydroxylamine groups is 2. The fraction of sp³-hybridized carbons (Fsp3) is 0.300. The highest BCUT2D eigenvalue weighted by molar-refractivity contribution is 6.35. The summed E-state index contributed by atoms with van der Waals surface area (Å²) >= 11 is 11.8. The number of halogens is 2. The van der Waals surface area contributed by atoms with Gasteiger partial charge in [-0.25, -0.2) is 5.06 Å². The van der Waals surface area contributed by atoms with E-state index in [-0.39, 0.29) is 18.2 Å². The maximum atomic E-state index is 11.1. The average molecular weight is 246 g/mol. The zero-order valence-electron chi connectivity index (χ0n) is 7.78. The third kappa shape index (κ3) is 2.09. The van der Waals surface area contributed by atoms with Crippen LogP contribution in [-0.4, -0.2) is 22.7 Å². The highest BCUT2D eigenvalue weighted by Gasteiger charge is 2.30. The molecule has 1 amide bonds. The number of nitrogens with zero attached hydrogens (tertiary/aromatic N) is 1. The van der Waals surface area contributed by atoms with Gasteiger partial charge in [0.05, 0.1) is 6.54 Å². The Morgan fingerprint density at radius 1 is 1.40 bits per heavy atom. The van der Waals surface area contributed by atoms with E-state index in [9.17, 15) is 10.0 Å².